The van der Waals surface area contributed by atoms with E-state index in [1.54, 1.807) is 10.8 Å². The predicted molar refractivity (Wildman–Crippen MR) is 159 cm³/mol. The summed E-state index contributed by atoms with van der Waals surface area (Å²) in [5.41, 5.74) is 7.74. The predicted octanol–water partition coefficient (Wildman–Crippen LogP) is 5.13. The van der Waals surface area contributed by atoms with Crippen molar-refractivity contribution >= 4 is 48.4 Å². The largest absolute Gasteiger partial charge is 0.331 e. The molecule has 198 valence electrons. The highest BCUT2D eigenvalue weighted by Crippen LogP contribution is 2.31. The molecular weight excluding hydrogens is 522 g/mol. The zero-order valence-corrected chi connectivity index (χ0v) is 22.5. The van der Waals surface area contributed by atoms with Crippen LogP contribution in [-0.4, -0.2) is 51.6 Å². The summed E-state index contributed by atoms with van der Waals surface area (Å²) in [6.07, 6.45) is 7.40. The Hall–Kier alpha value is -4.60. The molecule has 1 aliphatic rings. The highest BCUT2D eigenvalue weighted by molar-refractivity contribution is 7.88. The lowest BCUT2D eigenvalue weighted by atomic mass is 10.00. The van der Waals surface area contributed by atoms with Crippen LogP contribution in [0.3, 0.4) is 0 Å². The normalized spacial score (nSPS) is 14.7. The first kappa shape index (κ1) is 24.4. The van der Waals surface area contributed by atoms with Crippen LogP contribution in [0.15, 0.2) is 96.1 Å². The molecule has 1 N–H and O–H groups in total. The third-order valence-corrected chi connectivity index (χ3v) is 8.84. The standard InChI is InChI=1S/C31H25N5O3S/c1-40(38,39)35-14-12-21(13-15-35)20-6-9-25(10-7-20)36-30-26-17-22(8-11-28(26)33-19-29(30)34-31(36)37)24-16-23-4-2-3-5-27(23)32-18-24/h2-12,16-19H,13-15H2,1H3,(H,34,37). The number of para-hydroxylation sites is 1. The average Bonchev–Trinajstić information content (AvgIpc) is 3.32. The molecule has 7 rings (SSSR count). The molecule has 3 aromatic carbocycles. The first-order valence-electron chi connectivity index (χ1n) is 13.0. The van der Waals surface area contributed by atoms with Crippen LogP contribution in [0.5, 0.6) is 0 Å². The second-order valence-electron chi connectivity index (χ2n) is 10.1. The Morgan fingerprint density at radius 3 is 2.40 bits per heavy atom. The van der Waals surface area contributed by atoms with Crippen LogP contribution in [0, 0.1) is 0 Å². The second kappa shape index (κ2) is 9.25. The Balaban J connectivity index is 1.31. The zero-order valence-electron chi connectivity index (χ0n) is 21.7. The van der Waals surface area contributed by atoms with Gasteiger partial charge in [-0.05, 0) is 59.5 Å². The molecule has 4 heterocycles. The lowest BCUT2D eigenvalue weighted by Gasteiger charge is -2.24. The SMILES string of the molecule is CS(=O)(=O)N1CC=C(c2ccc(-n3c(=O)[nH]c4cnc5ccc(-c6cnc7ccccc7c6)cc5c43)cc2)CC1. The van der Waals surface area contributed by atoms with E-state index in [1.807, 2.05) is 72.9 Å². The van der Waals surface area contributed by atoms with Crippen molar-refractivity contribution in [2.75, 3.05) is 19.3 Å². The number of aromatic nitrogens is 4. The van der Waals surface area contributed by atoms with Gasteiger partial charge in [0.2, 0.25) is 10.0 Å². The molecule has 9 heteroatoms. The summed E-state index contributed by atoms with van der Waals surface area (Å²) in [6, 6.07) is 24.0. The van der Waals surface area contributed by atoms with Gasteiger partial charge in [0, 0.05) is 35.6 Å². The minimum Gasteiger partial charge on any atom is -0.304 e. The van der Waals surface area contributed by atoms with Crippen molar-refractivity contribution in [1.29, 1.82) is 0 Å². The second-order valence-corrected chi connectivity index (χ2v) is 12.1. The lowest BCUT2D eigenvalue weighted by molar-refractivity contribution is 0.446. The Bertz CT molecular complexity index is 2140. The van der Waals surface area contributed by atoms with Crippen molar-refractivity contribution < 1.29 is 8.42 Å². The van der Waals surface area contributed by atoms with Gasteiger partial charge in [-0.1, -0.05) is 42.5 Å². The van der Waals surface area contributed by atoms with E-state index in [0.29, 0.717) is 25.0 Å². The number of aromatic amines is 1. The molecule has 6 aromatic rings. The van der Waals surface area contributed by atoms with Gasteiger partial charge >= 0.3 is 5.69 Å². The number of nitrogens with one attached hydrogen (secondary N) is 1. The van der Waals surface area contributed by atoms with Crippen molar-refractivity contribution in [2.45, 2.75) is 6.42 Å². The highest BCUT2D eigenvalue weighted by atomic mass is 32.2. The summed E-state index contributed by atoms with van der Waals surface area (Å²) in [7, 11) is -3.20. The van der Waals surface area contributed by atoms with Gasteiger partial charge in [-0.3, -0.25) is 14.5 Å². The van der Waals surface area contributed by atoms with Crippen LogP contribution in [0.25, 0.3) is 55.2 Å². The molecule has 8 nitrogen and oxygen atoms in total. The molecule has 0 spiro atoms. The lowest BCUT2D eigenvalue weighted by Crippen LogP contribution is -2.33. The van der Waals surface area contributed by atoms with Gasteiger partial charge in [0.15, 0.2) is 0 Å². The maximum absolute atomic E-state index is 13.2. The maximum atomic E-state index is 13.2. The van der Waals surface area contributed by atoms with E-state index in [0.717, 1.165) is 55.3 Å². The molecule has 0 atom stereocenters. The van der Waals surface area contributed by atoms with E-state index >= 15 is 0 Å². The minimum absolute atomic E-state index is 0.240. The van der Waals surface area contributed by atoms with Crippen LogP contribution >= 0.6 is 0 Å². The van der Waals surface area contributed by atoms with Crippen molar-refractivity contribution in [3.05, 3.63) is 107 Å². The van der Waals surface area contributed by atoms with Crippen LogP contribution < -0.4 is 5.69 Å². The Morgan fingerprint density at radius 2 is 1.62 bits per heavy atom. The van der Waals surface area contributed by atoms with Crippen LogP contribution in [0.1, 0.15) is 12.0 Å². The molecule has 0 unspecified atom stereocenters. The number of hydrogen-bond acceptors (Lipinski definition) is 5. The van der Waals surface area contributed by atoms with Gasteiger partial charge in [0.1, 0.15) is 0 Å². The number of sulfonamides is 1. The zero-order chi connectivity index (χ0) is 27.4. The van der Waals surface area contributed by atoms with E-state index < -0.39 is 10.0 Å². The number of H-pyrrole nitrogens is 1. The summed E-state index contributed by atoms with van der Waals surface area (Å²) in [5.74, 6) is 0. The van der Waals surface area contributed by atoms with E-state index in [4.69, 9.17) is 0 Å². The van der Waals surface area contributed by atoms with Crippen molar-refractivity contribution in [3.8, 4) is 16.8 Å². The van der Waals surface area contributed by atoms with Gasteiger partial charge in [0.25, 0.3) is 0 Å². The first-order valence-corrected chi connectivity index (χ1v) is 14.8. The fraction of sp³-hybridized carbons (Fsp3) is 0.129. The van der Waals surface area contributed by atoms with Gasteiger partial charge in [-0.25, -0.2) is 13.2 Å². The van der Waals surface area contributed by atoms with E-state index in [-0.39, 0.29) is 5.69 Å². The highest BCUT2D eigenvalue weighted by Gasteiger charge is 2.20. The minimum atomic E-state index is -3.20. The number of imidazole rings is 1. The van der Waals surface area contributed by atoms with Crippen molar-refractivity contribution in [2.24, 2.45) is 0 Å². The number of hydrogen-bond donors (Lipinski definition) is 1. The number of nitrogens with zero attached hydrogens (tertiary/aromatic N) is 4. The first-order chi connectivity index (χ1) is 19.3. The summed E-state index contributed by atoms with van der Waals surface area (Å²) >= 11 is 0. The van der Waals surface area contributed by atoms with E-state index in [2.05, 4.69) is 27.1 Å². The molecule has 1 aliphatic heterocycles. The fourth-order valence-corrected chi connectivity index (χ4v) is 6.25. The number of fused-ring (bicyclic) bond motifs is 4. The fourth-order valence-electron chi connectivity index (χ4n) is 5.48. The Labute approximate surface area is 230 Å². The van der Waals surface area contributed by atoms with Gasteiger partial charge < -0.3 is 4.98 Å². The molecular formula is C31H25N5O3S. The molecule has 0 fully saturated rings. The Morgan fingerprint density at radius 1 is 0.850 bits per heavy atom. The third kappa shape index (κ3) is 4.20. The van der Waals surface area contributed by atoms with E-state index in [9.17, 15) is 13.2 Å². The molecule has 0 radical (unpaired) electrons. The summed E-state index contributed by atoms with van der Waals surface area (Å²) in [5, 5.41) is 1.92. The topological polar surface area (TPSA) is 101 Å². The molecule has 0 amide bonds. The van der Waals surface area contributed by atoms with Crippen LogP contribution in [0.4, 0.5) is 0 Å². The number of benzene rings is 3. The molecule has 3 aromatic heterocycles. The average molecular weight is 548 g/mol. The Kier molecular flexibility index (Phi) is 5.65. The third-order valence-electron chi connectivity index (χ3n) is 7.57. The molecule has 0 saturated heterocycles. The summed E-state index contributed by atoms with van der Waals surface area (Å²) in [6.45, 7) is 0.828. The summed E-state index contributed by atoms with van der Waals surface area (Å²) < 4.78 is 26.8. The van der Waals surface area contributed by atoms with Crippen molar-refractivity contribution in [1.82, 2.24) is 23.8 Å². The van der Waals surface area contributed by atoms with E-state index in [1.165, 1.54) is 10.6 Å². The van der Waals surface area contributed by atoms with Gasteiger partial charge in [-0.2, -0.15) is 4.31 Å². The number of pyridine rings is 2. The maximum Gasteiger partial charge on any atom is 0.331 e. The van der Waals surface area contributed by atoms with Gasteiger partial charge in [0.05, 0.1) is 40.2 Å². The monoisotopic (exact) mass is 547 g/mol. The van der Waals surface area contributed by atoms with Gasteiger partial charge in [-0.15, -0.1) is 0 Å². The quantitative estimate of drug-likeness (QED) is 0.330. The smallest absolute Gasteiger partial charge is 0.304 e. The van der Waals surface area contributed by atoms with Crippen molar-refractivity contribution in [3.63, 3.8) is 0 Å². The molecule has 0 saturated carbocycles. The molecule has 0 aliphatic carbocycles. The molecule has 0 bridgehead atoms. The molecule has 40 heavy (non-hydrogen) atoms. The summed E-state index contributed by atoms with van der Waals surface area (Å²) in [4.78, 5) is 25.4. The number of rotatable bonds is 4. The van der Waals surface area contributed by atoms with Crippen LogP contribution in [0.2, 0.25) is 0 Å². The van der Waals surface area contributed by atoms with Crippen LogP contribution in [-0.2, 0) is 10.0 Å².